The highest BCUT2D eigenvalue weighted by atomic mass is 32.2. The average molecular weight is 244 g/mol. The number of carboxylic acids is 1. The van der Waals surface area contributed by atoms with Crippen molar-refractivity contribution in [3.63, 3.8) is 0 Å². The standard InChI is InChI=1S/C9H12N2O4S/c1-11(16(14,15)7-9(12)13)6-8-4-2-3-5-10-8/h2-5H,6-7H2,1H3,(H,12,13). The predicted octanol–water partition coefficient (Wildman–Crippen LogP) is -0.0722. The second kappa shape index (κ2) is 5.04. The van der Waals surface area contributed by atoms with Crippen LogP contribution in [0.1, 0.15) is 5.69 Å². The van der Waals surface area contributed by atoms with Crippen molar-refractivity contribution in [2.24, 2.45) is 0 Å². The van der Waals surface area contributed by atoms with Gasteiger partial charge in [-0.15, -0.1) is 0 Å². The highest BCUT2D eigenvalue weighted by Crippen LogP contribution is 2.04. The average Bonchev–Trinajstić information content (AvgIpc) is 2.17. The lowest BCUT2D eigenvalue weighted by atomic mass is 10.3. The topological polar surface area (TPSA) is 87.6 Å². The number of carboxylic acid groups (broad SMARTS) is 1. The van der Waals surface area contributed by atoms with Gasteiger partial charge >= 0.3 is 5.97 Å². The SMILES string of the molecule is CN(Cc1ccccn1)S(=O)(=O)CC(=O)O. The molecule has 0 aliphatic rings. The number of pyridine rings is 1. The van der Waals surface area contributed by atoms with E-state index in [9.17, 15) is 13.2 Å². The van der Waals surface area contributed by atoms with Crippen LogP contribution < -0.4 is 0 Å². The van der Waals surface area contributed by atoms with E-state index in [4.69, 9.17) is 5.11 Å². The Morgan fingerprint density at radius 1 is 1.50 bits per heavy atom. The lowest BCUT2D eigenvalue weighted by Gasteiger charge is -2.14. The summed E-state index contributed by atoms with van der Waals surface area (Å²) in [7, 11) is -2.44. The maximum absolute atomic E-state index is 11.5. The summed E-state index contributed by atoms with van der Waals surface area (Å²) in [4.78, 5) is 14.3. The normalized spacial score (nSPS) is 11.6. The van der Waals surface area contributed by atoms with E-state index < -0.39 is 21.7 Å². The molecule has 1 aromatic rings. The Hall–Kier alpha value is -1.47. The number of rotatable bonds is 5. The maximum atomic E-state index is 11.5. The van der Waals surface area contributed by atoms with Crippen molar-refractivity contribution >= 4 is 16.0 Å². The van der Waals surface area contributed by atoms with Crippen molar-refractivity contribution in [3.05, 3.63) is 30.1 Å². The molecular weight excluding hydrogens is 232 g/mol. The molecule has 0 spiro atoms. The minimum atomic E-state index is -3.76. The fourth-order valence-corrected chi connectivity index (χ4v) is 1.95. The first-order valence-electron chi connectivity index (χ1n) is 4.47. The number of aromatic nitrogens is 1. The summed E-state index contributed by atoms with van der Waals surface area (Å²) in [6.45, 7) is 0.0659. The Kier molecular flexibility index (Phi) is 3.97. The largest absolute Gasteiger partial charge is 0.480 e. The van der Waals surface area contributed by atoms with Crippen LogP contribution in [-0.4, -0.2) is 41.6 Å². The van der Waals surface area contributed by atoms with Crippen LogP contribution >= 0.6 is 0 Å². The van der Waals surface area contributed by atoms with Crippen molar-refractivity contribution in [2.45, 2.75) is 6.54 Å². The van der Waals surface area contributed by atoms with Gasteiger partial charge in [-0.3, -0.25) is 9.78 Å². The van der Waals surface area contributed by atoms with Crippen LogP contribution in [0, 0.1) is 0 Å². The van der Waals surface area contributed by atoms with E-state index in [0.29, 0.717) is 5.69 Å². The Bertz CT molecular complexity index is 458. The molecule has 0 atom stereocenters. The summed E-state index contributed by atoms with van der Waals surface area (Å²) < 4.78 is 23.9. The summed E-state index contributed by atoms with van der Waals surface area (Å²) >= 11 is 0. The Morgan fingerprint density at radius 3 is 2.69 bits per heavy atom. The van der Waals surface area contributed by atoms with Crippen molar-refractivity contribution in [1.29, 1.82) is 0 Å². The molecule has 1 aromatic heterocycles. The van der Waals surface area contributed by atoms with E-state index in [2.05, 4.69) is 4.98 Å². The molecule has 16 heavy (non-hydrogen) atoms. The van der Waals surface area contributed by atoms with Gasteiger partial charge in [-0.25, -0.2) is 8.42 Å². The summed E-state index contributed by atoms with van der Waals surface area (Å²) in [5, 5.41) is 8.44. The first-order chi connectivity index (χ1) is 7.42. The molecule has 0 saturated heterocycles. The van der Waals surface area contributed by atoms with Gasteiger partial charge in [-0.2, -0.15) is 4.31 Å². The minimum Gasteiger partial charge on any atom is -0.480 e. The van der Waals surface area contributed by atoms with Crippen molar-refractivity contribution in [2.75, 3.05) is 12.8 Å². The third kappa shape index (κ3) is 3.59. The monoisotopic (exact) mass is 244 g/mol. The van der Waals surface area contributed by atoms with E-state index in [1.165, 1.54) is 7.05 Å². The minimum absolute atomic E-state index is 0.0659. The Balaban J connectivity index is 2.72. The van der Waals surface area contributed by atoms with Crippen molar-refractivity contribution in [1.82, 2.24) is 9.29 Å². The summed E-state index contributed by atoms with van der Waals surface area (Å²) in [6.07, 6.45) is 1.55. The molecule has 0 unspecified atom stereocenters. The first-order valence-corrected chi connectivity index (χ1v) is 6.08. The fourth-order valence-electron chi connectivity index (χ4n) is 1.08. The van der Waals surface area contributed by atoms with Gasteiger partial charge in [0, 0.05) is 13.2 Å². The number of sulfonamides is 1. The van der Waals surface area contributed by atoms with Gasteiger partial charge in [0.1, 0.15) is 0 Å². The summed E-state index contributed by atoms with van der Waals surface area (Å²) in [5.41, 5.74) is 0.568. The van der Waals surface area contributed by atoms with E-state index in [-0.39, 0.29) is 6.54 Å². The molecule has 0 radical (unpaired) electrons. The summed E-state index contributed by atoms with van der Waals surface area (Å²) in [5.74, 6) is -2.27. The number of nitrogens with zero attached hydrogens (tertiary/aromatic N) is 2. The van der Waals surface area contributed by atoms with E-state index in [1.807, 2.05) is 0 Å². The molecule has 1 heterocycles. The zero-order valence-corrected chi connectivity index (χ0v) is 9.51. The first kappa shape index (κ1) is 12.6. The molecule has 0 fully saturated rings. The molecule has 0 aliphatic heterocycles. The quantitative estimate of drug-likeness (QED) is 0.783. The van der Waals surface area contributed by atoms with Gasteiger partial charge in [0.05, 0.1) is 12.2 Å². The molecule has 0 amide bonds. The van der Waals surface area contributed by atoms with Crippen LogP contribution in [-0.2, 0) is 21.4 Å². The van der Waals surface area contributed by atoms with Crippen LogP contribution in [0.15, 0.2) is 24.4 Å². The lowest BCUT2D eigenvalue weighted by Crippen LogP contribution is -2.32. The molecule has 0 saturated carbocycles. The second-order valence-corrected chi connectivity index (χ2v) is 5.30. The lowest BCUT2D eigenvalue weighted by molar-refractivity contribution is -0.134. The number of aliphatic carboxylic acids is 1. The van der Waals surface area contributed by atoms with Gasteiger partial charge < -0.3 is 5.11 Å². The molecule has 7 heteroatoms. The fraction of sp³-hybridized carbons (Fsp3) is 0.333. The molecule has 1 rings (SSSR count). The van der Waals surface area contributed by atoms with E-state index in [1.54, 1.807) is 24.4 Å². The van der Waals surface area contributed by atoms with Gasteiger partial charge in [-0.1, -0.05) is 6.07 Å². The van der Waals surface area contributed by atoms with Gasteiger partial charge in [0.15, 0.2) is 5.75 Å². The van der Waals surface area contributed by atoms with Crippen LogP contribution in [0.4, 0.5) is 0 Å². The predicted molar refractivity (Wildman–Crippen MR) is 57.1 cm³/mol. The van der Waals surface area contributed by atoms with E-state index in [0.717, 1.165) is 4.31 Å². The zero-order valence-electron chi connectivity index (χ0n) is 8.70. The van der Waals surface area contributed by atoms with E-state index >= 15 is 0 Å². The Morgan fingerprint density at radius 2 is 2.19 bits per heavy atom. The van der Waals surface area contributed by atoms with Gasteiger partial charge in [-0.05, 0) is 12.1 Å². The van der Waals surface area contributed by atoms with Crippen LogP contribution in [0.3, 0.4) is 0 Å². The maximum Gasteiger partial charge on any atom is 0.320 e. The second-order valence-electron chi connectivity index (χ2n) is 3.23. The molecule has 88 valence electrons. The van der Waals surface area contributed by atoms with Crippen LogP contribution in [0.5, 0.6) is 0 Å². The number of hydrogen-bond acceptors (Lipinski definition) is 4. The van der Waals surface area contributed by atoms with Crippen LogP contribution in [0.2, 0.25) is 0 Å². The third-order valence-electron chi connectivity index (χ3n) is 1.89. The molecular formula is C9H12N2O4S. The van der Waals surface area contributed by atoms with Crippen LogP contribution in [0.25, 0.3) is 0 Å². The molecule has 0 bridgehead atoms. The van der Waals surface area contributed by atoms with Gasteiger partial charge in [0.25, 0.3) is 0 Å². The highest BCUT2D eigenvalue weighted by molar-refractivity contribution is 7.89. The molecule has 6 nitrogen and oxygen atoms in total. The molecule has 1 N–H and O–H groups in total. The molecule has 0 aliphatic carbocycles. The van der Waals surface area contributed by atoms with Crippen molar-refractivity contribution < 1.29 is 18.3 Å². The smallest absolute Gasteiger partial charge is 0.320 e. The highest BCUT2D eigenvalue weighted by Gasteiger charge is 2.21. The van der Waals surface area contributed by atoms with Gasteiger partial charge in [0.2, 0.25) is 10.0 Å². The number of hydrogen-bond donors (Lipinski definition) is 1. The third-order valence-corrected chi connectivity index (χ3v) is 3.58. The Labute approximate surface area is 93.6 Å². The molecule has 0 aromatic carbocycles. The van der Waals surface area contributed by atoms with Crippen molar-refractivity contribution in [3.8, 4) is 0 Å². The summed E-state index contributed by atoms with van der Waals surface area (Å²) in [6, 6.07) is 5.13. The zero-order chi connectivity index (χ0) is 12.2. The number of carbonyl (C=O) groups is 1.